The summed E-state index contributed by atoms with van der Waals surface area (Å²) in [6.45, 7) is 2.02. The molecule has 1 aromatic rings. The van der Waals surface area contributed by atoms with Gasteiger partial charge in [-0.2, -0.15) is 0 Å². The van der Waals surface area contributed by atoms with Gasteiger partial charge in [0.1, 0.15) is 0 Å². The van der Waals surface area contributed by atoms with Crippen LogP contribution in [-0.2, 0) is 0 Å². The molecule has 0 spiro atoms. The van der Waals surface area contributed by atoms with Gasteiger partial charge in [-0.1, -0.05) is 19.3 Å². The van der Waals surface area contributed by atoms with Crippen LogP contribution in [0.25, 0.3) is 0 Å². The van der Waals surface area contributed by atoms with Gasteiger partial charge in [0.15, 0.2) is 0 Å². The highest BCUT2D eigenvalue weighted by Gasteiger charge is 2.28. The Hall–Kier alpha value is -0.670. The van der Waals surface area contributed by atoms with Crippen molar-refractivity contribution in [2.45, 2.75) is 49.5 Å². The monoisotopic (exact) mass is 251 g/mol. The van der Waals surface area contributed by atoms with Gasteiger partial charge in [0, 0.05) is 16.3 Å². The number of anilines is 1. The first-order chi connectivity index (χ1) is 8.09. The minimum absolute atomic E-state index is 0.446. The first kappa shape index (κ1) is 12.8. The number of hydrogen-bond acceptors (Lipinski definition) is 3. The van der Waals surface area contributed by atoms with Crippen molar-refractivity contribution in [1.82, 2.24) is 0 Å². The molecule has 0 unspecified atom stereocenters. The molecule has 3 N–H and O–H groups in total. The zero-order valence-electron chi connectivity index (χ0n) is 10.4. The Morgan fingerprint density at radius 1 is 1.29 bits per heavy atom. The molecule has 0 atom stereocenters. The van der Waals surface area contributed by atoms with Crippen LogP contribution in [0, 0.1) is 6.92 Å². The van der Waals surface area contributed by atoms with E-state index in [-0.39, 0.29) is 0 Å². The third-order valence-electron chi connectivity index (χ3n) is 3.53. The zero-order valence-corrected chi connectivity index (χ0v) is 11.2. The number of thioether (sulfide) groups is 1. The van der Waals surface area contributed by atoms with Crippen molar-refractivity contribution in [1.29, 1.82) is 0 Å². The molecule has 17 heavy (non-hydrogen) atoms. The van der Waals surface area contributed by atoms with E-state index in [0.717, 1.165) is 42.7 Å². The van der Waals surface area contributed by atoms with Gasteiger partial charge in [-0.15, -0.1) is 11.8 Å². The first-order valence-corrected chi connectivity index (χ1v) is 7.29. The molecule has 1 aliphatic rings. The predicted molar refractivity (Wildman–Crippen MR) is 74.4 cm³/mol. The molecule has 1 saturated carbocycles. The van der Waals surface area contributed by atoms with Crippen LogP contribution in [0.15, 0.2) is 23.1 Å². The summed E-state index contributed by atoms with van der Waals surface area (Å²) in [4.78, 5) is 1.20. The van der Waals surface area contributed by atoms with E-state index in [1.807, 2.05) is 19.1 Å². The maximum Gasteiger partial charge on any atom is 0.0741 e. The van der Waals surface area contributed by atoms with Gasteiger partial charge in [-0.05, 0) is 43.5 Å². The average molecular weight is 251 g/mol. The van der Waals surface area contributed by atoms with Crippen LogP contribution in [0.1, 0.15) is 37.7 Å². The number of benzene rings is 1. The van der Waals surface area contributed by atoms with Crippen molar-refractivity contribution in [2.24, 2.45) is 0 Å². The maximum atomic E-state index is 10.4. The fourth-order valence-corrected chi connectivity index (χ4v) is 3.46. The summed E-state index contributed by atoms with van der Waals surface area (Å²) in [6, 6.07) is 6.09. The third kappa shape index (κ3) is 3.39. The van der Waals surface area contributed by atoms with Crippen LogP contribution in [0.3, 0.4) is 0 Å². The van der Waals surface area contributed by atoms with Gasteiger partial charge in [-0.3, -0.25) is 0 Å². The van der Waals surface area contributed by atoms with E-state index >= 15 is 0 Å². The lowest BCUT2D eigenvalue weighted by Gasteiger charge is -2.31. The number of rotatable bonds is 3. The largest absolute Gasteiger partial charge is 0.399 e. The van der Waals surface area contributed by atoms with Crippen molar-refractivity contribution >= 4 is 17.4 Å². The number of nitrogens with two attached hydrogens (primary N) is 1. The summed E-state index contributed by atoms with van der Waals surface area (Å²) in [5, 5.41) is 10.4. The standard InChI is InChI=1S/C14H21NOS/c1-11-9-12(5-6-13(11)15)17-10-14(16)7-3-2-4-8-14/h5-6,9,16H,2-4,7-8,10,15H2,1H3. The minimum atomic E-state index is -0.446. The maximum absolute atomic E-state index is 10.4. The van der Waals surface area contributed by atoms with E-state index in [1.165, 1.54) is 11.3 Å². The summed E-state index contributed by atoms with van der Waals surface area (Å²) in [6.07, 6.45) is 5.51. The number of aryl methyl sites for hydroxylation is 1. The molecular formula is C14H21NOS. The summed E-state index contributed by atoms with van der Waals surface area (Å²) in [7, 11) is 0. The Bertz CT molecular complexity index is 386. The fourth-order valence-electron chi connectivity index (χ4n) is 2.31. The highest BCUT2D eigenvalue weighted by molar-refractivity contribution is 7.99. The van der Waals surface area contributed by atoms with Crippen LogP contribution in [0.5, 0.6) is 0 Å². The second-order valence-corrected chi connectivity index (χ2v) is 6.14. The molecule has 0 bridgehead atoms. The Labute approximate surface area is 108 Å². The van der Waals surface area contributed by atoms with Crippen molar-refractivity contribution < 1.29 is 5.11 Å². The second kappa shape index (κ2) is 5.32. The molecule has 1 fully saturated rings. The van der Waals surface area contributed by atoms with Crippen LogP contribution in [-0.4, -0.2) is 16.5 Å². The van der Waals surface area contributed by atoms with Crippen molar-refractivity contribution in [2.75, 3.05) is 11.5 Å². The Balaban J connectivity index is 1.94. The van der Waals surface area contributed by atoms with Crippen molar-refractivity contribution in [3.63, 3.8) is 0 Å². The molecule has 2 rings (SSSR count). The quantitative estimate of drug-likeness (QED) is 0.639. The van der Waals surface area contributed by atoms with Crippen molar-refractivity contribution in [3.05, 3.63) is 23.8 Å². The first-order valence-electron chi connectivity index (χ1n) is 6.30. The fraction of sp³-hybridized carbons (Fsp3) is 0.571. The Kier molecular flexibility index (Phi) is 4.00. The molecule has 3 heteroatoms. The lowest BCUT2D eigenvalue weighted by molar-refractivity contribution is 0.0273. The molecule has 2 nitrogen and oxygen atoms in total. The lowest BCUT2D eigenvalue weighted by Crippen LogP contribution is -2.33. The van der Waals surface area contributed by atoms with E-state index in [0.29, 0.717) is 0 Å². The minimum Gasteiger partial charge on any atom is -0.399 e. The van der Waals surface area contributed by atoms with E-state index in [4.69, 9.17) is 5.73 Å². The molecular weight excluding hydrogens is 230 g/mol. The van der Waals surface area contributed by atoms with Gasteiger partial charge in [-0.25, -0.2) is 0 Å². The Morgan fingerprint density at radius 3 is 2.65 bits per heavy atom. The van der Waals surface area contributed by atoms with Crippen molar-refractivity contribution in [3.8, 4) is 0 Å². The van der Waals surface area contributed by atoms with E-state index < -0.39 is 5.60 Å². The lowest BCUT2D eigenvalue weighted by atomic mass is 9.86. The van der Waals surface area contributed by atoms with Gasteiger partial charge in [0.25, 0.3) is 0 Å². The Morgan fingerprint density at radius 2 is 2.00 bits per heavy atom. The summed E-state index contributed by atoms with van der Waals surface area (Å²) >= 11 is 1.74. The SMILES string of the molecule is Cc1cc(SCC2(O)CCCCC2)ccc1N. The molecule has 94 valence electrons. The normalized spacial score (nSPS) is 19.2. The summed E-state index contributed by atoms with van der Waals surface area (Å²) < 4.78 is 0. The second-order valence-electron chi connectivity index (χ2n) is 5.09. The molecule has 0 heterocycles. The highest BCUT2D eigenvalue weighted by Crippen LogP contribution is 2.34. The molecule has 0 radical (unpaired) electrons. The zero-order chi connectivity index (χ0) is 12.3. The number of nitrogen functional groups attached to an aromatic ring is 1. The third-order valence-corrected chi connectivity index (χ3v) is 4.80. The van der Waals surface area contributed by atoms with Gasteiger partial charge in [0.2, 0.25) is 0 Å². The van der Waals surface area contributed by atoms with Crippen LogP contribution < -0.4 is 5.73 Å². The molecule has 0 amide bonds. The van der Waals surface area contributed by atoms with Gasteiger partial charge >= 0.3 is 0 Å². The van der Waals surface area contributed by atoms with Gasteiger partial charge < -0.3 is 10.8 Å². The number of hydrogen-bond donors (Lipinski definition) is 2. The van der Waals surface area contributed by atoms with Crippen LogP contribution >= 0.6 is 11.8 Å². The summed E-state index contributed by atoms with van der Waals surface area (Å²) in [5.74, 6) is 0.802. The smallest absolute Gasteiger partial charge is 0.0741 e. The molecule has 1 aliphatic carbocycles. The molecule has 0 aromatic heterocycles. The average Bonchev–Trinajstić information content (AvgIpc) is 2.32. The molecule has 1 aromatic carbocycles. The molecule has 0 aliphatic heterocycles. The van der Waals surface area contributed by atoms with E-state index in [1.54, 1.807) is 11.8 Å². The number of aliphatic hydroxyl groups is 1. The van der Waals surface area contributed by atoms with Crippen LogP contribution in [0.2, 0.25) is 0 Å². The topological polar surface area (TPSA) is 46.2 Å². The van der Waals surface area contributed by atoms with Crippen LogP contribution in [0.4, 0.5) is 5.69 Å². The molecule has 0 saturated heterocycles. The summed E-state index contributed by atoms with van der Waals surface area (Å²) in [5.41, 5.74) is 7.30. The van der Waals surface area contributed by atoms with E-state index in [2.05, 4.69) is 6.07 Å². The predicted octanol–water partition coefficient (Wildman–Crippen LogP) is 3.36. The van der Waals surface area contributed by atoms with Gasteiger partial charge in [0.05, 0.1) is 5.60 Å². The van der Waals surface area contributed by atoms with E-state index in [9.17, 15) is 5.11 Å². The highest BCUT2D eigenvalue weighted by atomic mass is 32.2.